The second-order valence-electron chi connectivity index (χ2n) is 4.85. The van der Waals surface area contributed by atoms with Crippen LogP contribution >= 0.6 is 11.6 Å². The average Bonchev–Trinajstić information content (AvgIpc) is 2.37. The van der Waals surface area contributed by atoms with Gasteiger partial charge in [0.05, 0.1) is 6.61 Å². The van der Waals surface area contributed by atoms with Gasteiger partial charge in [-0.05, 0) is 17.0 Å². The topological polar surface area (TPSA) is 12.5 Å². The van der Waals surface area contributed by atoms with Gasteiger partial charge in [0.25, 0.3) is 0 Å². The number of halogens is 1. The molecule has 0 aliphatic carbocycles. The molecule has 3 heteroatoms. The van der Waals surface area contributed by atoms with Crippen LogP contribution in [0.4, 0.5) is 0 Å². The number of alkyl halides is 1. The Balaban J connectivity index is 2.56. The van der Waals surface area contributed by atoms with Crippen LogP contribution in [0.1, 0.15) is 30.9 Å². The van der Waals surface area contributed by atoms with Crippen LogP contribution < -0.4 is 0 Å². The second-order valence-corrected chi connectivity index (χ2v) is 5.23. The van der Waals surface area contributed by atoms with Gasteiger partial charge < -0.3 is 4.74 Å². The molecule has 102 valence electrons. The quantitative estimate of drug-likeness (QED) is 0.670. The zero-order valence-electron chi connectivity index (χ0n) is 11.7. The molecule has 18 heavy (non-hydrogen) atoms. The van der Waals surface area contributed by atoms with Gasteiger partial charge in [-0.3, -0.25) is 4.90 Å². The first-order valence-corrected chi connectivity index (χ1v) is 7.07. The number of benzene rings is 1. The third-order valence-corrected chi connectivity index (χ3v) is 3.23. The number of ether oxygens (including phenoxy) is 1. The van der Waals surface area contributed by atoms with Crippen LogP contribution in [0, 0.1) is 0 Å². The van der Waals surface area contributed by atoms with E-state index >= 15 is 0 Å². The lowest BCUT2D eigenvalue weighted by Crippen LogP contribution is -2.28. The second kappa shape index (κ2) is 8.52. The third-order valence-electron chi connectivity index (χ3n) is 3.06. The number of rotatable bonds is 8. The van der Waals surface area contributed by atoms with Crippen LogP contribution in [0.3, 0.4) is 0 Å². The van der Waals surface area contributed by atoms with E-state index in [0.717, 1.165) is 26.2 Å². The lowest BCUT2D eigenvalue weighted by Gasteiger charge is -2.21. The first-order chi connectivity index (χ1) is 8.67. The van der Waals surface area contributed by atoms with Gasteiger partial charge >= 0.3 is 0 Å². The summed E-state index contributed by atoms with van der Waals surface area (Å²) in [6.45, 7) is 7.95. The molecule has 1 rings (SSSR count). The molecule has 0 heterocycles. The highest BCUT2D eigenvalue weighted by Gasteiger charge is 2.06. The first kappa shape index (κ1) is 15.5. The minimum absolute atomic E-state index is 0.589. The summed E-state index contributed by atoms with van der Waals surface area (Å²) in [6, 6.07) is 8.86. The van der Waals surface area contributed by atoms with Crippen LogP contribution in [-0.4, -0.2) is 37.6 Å². The molecule has 0 amide bonds. The predicted octanol–water partition coefficient (Wildman–Crippen LogP) is 3.50. The predicted molar refractivity (Wildman–Crippen MR) is 78.4 cm³/mol. The van der Waals surface area contributed by atoms with Crippen molar-refractivity contribution in [3.05, 3.63) is 35.4 Å². The van der Waals surface area contributed by atoms with Crippen molar-refractivity contribution in [2.45, 2.75) is 26.3 Å². The van der Waals surface area contributed by atoms with E-state index in [1.54, 1.807) is 7.11 Å². The maximum atomic E-state index is 5.83. The molecular formula is C15H24ClNO. The van der Waals surface area contributed by atoms with Crippen molar-refractivity contribution in [2.24, 2.45) is 0 Å². The Morgan fingerprint density at radius 3 is 2.33 bits per heavy atom. The van der Waals surface area contributed by atoms with E-state index < -0.39 is 0 Å². The number of methoxy groups -OCH3 is 1. The summed E-state index contributed by atoms with van der Waals surface area (Å²) in [5.74, 6) is 1.25. The highest BCUT2D eigenvalue weighted by molar-refractivity contribution is 6.18. The standard InChI is InChI=1S/C15H24ClNO/c1-13(2)15-6-4-14(5-7-15)12-17(9-8-16)10-11-18-3/h4-7,13H,8-12H2,1-3H3. The Morgan fingerprint density at radius 1 is 1.17 bits per heavy atom. The molecule has 0 bridgehead atoms. The minimum atomic E-state index is 0.589. The van der Waals surface area contributed by atoms with E-state index in [4.69, 9.17) is 16.3 Å². The monoisotopic (exact) mass is 269 g/mol. The Labute approximate surface area is 116 Å². The fourth-order valence-electron chi connectivity index (χ4n) is 1.88. The molecule has 0 aromatic heterocycles. The lowest BCUT2D eigenvalue weighted by molar-refractivity contribution is 0.148. The maximum Gasteiger partial charge on any atom is 0.0589 e. The average molecular weight is 270 g/mol. The molecule has 1 aromatic carbocycles. The molecule has 0 aliphatic heterocycles. The Bertz CT molecular complexity index is 324. The molecule has 0 saturated heterocycles. The van der Waals surface area contributed by atoms with Gasteiger partial charge in [-0.2, -0.15) is 0 Å². The highest BCUT2D eigenvalue weighted by Crippen LogP contribution is 2.15. The molecule has 1 aromatic rings. The lowest BCUT2D eigenvalue weighted by atomic mass is 10.0. The molecule has 0 fully saturated rings. The van der Waals surface area contributed by atoms with Crippen LogP contribution in [0.5, 0.6) is 0 Å². The summed E-state index contributed by atoms with van der Waals surface area (Å²) < 4.78 is 5.12. The van der Waals surface area contributed by atoms with Crippen molar-refractivity contribution in [3.8, 4) is 0 Å². The van der Waals surface area contributed by atoms with Crippen molar-refractivity contribution in [3.63, 3.8) is 0 Å². The summed E-state index contributed by atoms with van der Waals surface area (Å²) in [6.07, 6.45) is 0. The van der Waals surface area contributed by atoms with Crippen molar-refractivity contribution in [1.29, 1.82) is 0 Å². The van der Waals surface area contributed by atoms with Crippen LogP contribution in [0.25, 0.3) is 0 Å². The van der Waals surface area contributed by atoms with Gasteiger partial charge in [0, 0.05) is 32.6 Å². The zero-order valence-corrected chi connectivity index (χ0v) is 12.4. The number of nitrogens with zero attached hydrogens (tertiary/aromatic N) is 1. The third kappa shape index (κ3) is 5.38. The molecular weight excluding hydrogens is 246 g/mol. The smallest absolute Gasteiger partial charge is 0.0589 e. The molecule has 0 aliphatic rings. The van der Waals surface area contributed by atoms with Crippen molar-refractivity contribution in [1.82, 2.24) is 4.90 Å². The van der Waals surface area contributed by atoms with E-state index in [-0.39, 0.29) is 0 Å². The molecule has 0 N–H and O–H groups in total. The maximum absolute atomic E-state index is 5.83. The first-order valence-electron chi connectivity index (χ1n) is 6.53. The van der Waals surface area contributed by atoms with E-state index in [2.05, 4.69) is 43.0 Å². The van der Waals surface area contributed by atoms with E-state index in [9.17, 15) is 0 Å². The summed E-state index contributed by atoms with van der Waals surface area (Å²) >= 11 is 5.83. The normalized spacial score (nSPS) is 11.4. The summed E-state index contributed by atoms with van der Waals surface area (Å²) in [4.78, 5) is 2.32. The van der Waals surface area contributed by atoms with E-state index in [1.807, 2.05) is 0 Å². The van der Waals surface area contributed by atoms with Crippen LogP contribution in [0.15, 0.2) is 24.3 Å². The largest absolute Gasteiger partial charge is 0.383 e. The molecule has 0 saturated carbocycles. The molecule has 0 atom stereocenters. The van der Waals surface area contributed by atoms with Gasteiger partial charge in [0.15, 0.2) is 0 Å². The Kier molecular flexibility index (Phi) is 7.33. The molecule has 0 radical (unpaired) electrons. The van der Waals surface area contributed by atoms with Gasteiger partial charge in [-0.1, -0.05) is 38.1 Å². The minimum Gasteiger partial charge on any atom is -0.383 e. The van der Waals surface area contributed by atoms with Crippen molar-refractivity contribution in [2.75, 3.05) is 32.7 Å². The van der Waals surface area contributed by atoms with Crippen molar-refractivity contribution >= 4 is 11.6 Å². The van der Waals surface area contributed by atoms with E-state index in [1.165, 1.54) is 11.1 Å². The van der Waals surface area contributed by atoms with Crippen LogP contribution in [-0.2, 0) is 11.3 Å². The summed E-state index contributed by atoms with van der Waals surface area (Å²) in [5.41, 5.74) is 2.72. The molecule has 2 nitrogen and oxygen atoms in total. The Morgan fingerprint density at radius 2 is 1.83 bits per heavy atom. The fraction of sp³-hybridized carbons (Fsp3) is 0.600. The van der Waals surface area contributed by atoms with Gasteiger partial charge in [0.2, 0.25) is 0 Å². The number of hydrogen-bond acceptors (Lipinski definition) is 2. The van der Waals surface area contributed by atoms with Gasteiger partial charge in [-0.15, -0.1) is 11.6 Å². The SMILES string of the molecule is COCCN(CCCl)Cc1ccc(C(C)C)cc1. The summed E-state index contributed by atoms with van der Waals surface area (Å²) in [7, 11) is 1.73. The number of hydrogen-bond donors (Lipinski definition) is 0. The van der Waals surface area contributed by atoms with E-state index in [0.29, 0.717) is 11.8 Å². The Hall–Kier alpha value is -0.570. The molecule has 0 spiro atoms. The zero-order chi connectivity index (χ0) is 13.4. The fourth-order valence-corrected chi connectivity index (χ4v) is 2.12. The van der Waals surface area contributed by atoms with Gasteiger partial charge in [0.1, 0.15) is 0 Å². The van der Waals surface area contributed by atoms with Crippen molar-refractivity contribution < 1.29 is 4.74 Å². The molecule has 0 unspecified atom stereocenters. The van der Waals surface area contributed by atoms with Crippen LogP contribution in [0.2, 0.25) is 0 Å². The highest BCUT2D eigenvalue weighted by atomic mass is 35.5. The van der Waals surface area contributed by atoms with Gasteiger partial charge in [-0.25, -0.2) is 0 Å². The summed E-state index contributed by atoms with van der Waals surface area (Å²) in [5, 5.41) is 0.